The summed E-state index contributed by atoms with van der Waals surface area (Å²) in [6.45, 7) is 15.4. The Balaban J connectivity index is 1.17. The highest BCUT2D eigenvalue weighted by molar-refractivity contribution is 5.98. The number of carbonyl (C=O) groups is 5. The summed E-state index contributed by atoms with van der Waals surface area (Å²) >= 11 is 0. The lowest BCUT2D eigenvalue weighted by atomic mass is 9.67. The van der Waals surface area contributed by atoms with Crippen LogP contribution in [0.25, 0.3) is 27.7 Å². The predicted octanol–water partition coefficient (Wildman–Crippen LogP) is 6.02. The minimum Gasteiger partial charge on any atom is -0.464 e. The maximum atomic E-state index is 14.8. The number of hydrogen-bond acceptors (Lipinski definition) is 9. The number of aryl methyl sites for hydroxylation is 1. The van der Waals surface area contributed by atoms with Crippen molar-refractivity contribution < 1.29 is 33.4 Å². The number of nitrogens with zero attached hydrogens (tertiary/aromatic N) is 5. The summed E-state index contributed by atoms with van der Waals surface area (Å²) in [5.74, 6) is 2.06. The highest BCUT2D eigenvalue weighted by Crippen LogP contribution is 2.57. The standard InChI is InChI=1S/C52H65N7O7/c1-10-15-41(60)57-27-31(5)37(28-57)49(62)56(8)45(30(3)4)48(61)54-39-25-32-16-12-17-33(24-32)34-20-21-40-36(26-34)42-43(47(65-9)44-35(18-13-22-53-44)46(42)58(40)11-2)52(6,7)29-66-51(64)38-19-14-23-59(55-38)50(39)63/h12-13,17-18,20-22,24,26,30-32,37-39,43,45,47,55H,11,14,16,19,23,25,27-29H2,1-9H3,(H,54,61)/t31-,32?,37+,38-,39?,43?,45-,47-/m0/s1. The first-order valence-corrected chi connectivity index (χ1v) is 23.6. The van der Waals surface area contributed by atoms with Crippen molar-refractivity contribution in [1.29, 1.82) is 0 Å². The molecule has 5 aliphatic rings. The number of hydrogen-bond donors (Lipinski definition) is 2. The van der Waals surface area contributed by atoms with E-state index in [1.54, 1.807) is 32.2 Å². The van der Waals surface area contributed by atoms with Crippen molar-refractivity contribution in [2.24, 2.45) is 29.1 Å². The SMILES string of the molecule is CC#CC(=O)N1C[C@H](C)[C@H](C(=O)N(C)[C@H](C(=O)NC2CC3C=C(C=CC3)c3ccc4c(c3)c3c(n4CC)-c4cccnc4[C@@H](OC)C3C(C)(C)COC(=O)[C@@H]3CCCN(N3)C2=O)C(C)C)C1. The van der Waals surface area contributed by atoms with Gasteiger partial charge in [-0.1, -0.05) is 64.8 Å². The highest BCUT2D eigenvalue weighted by Gasteiger charge is 2.48. The molecule has 14 heteroatoms. The first-order chi connectivity index (χ1) is 31.6. The van der Waals surface area contributed by atoms with E-state index in [2.05, 4.69) is 90.4 Å². The summed E-state index contributed by atoms with van der Waals surface area (Å²) in [5.41, 5.74) is 9.78. The molecule has 3 aromatic rings. The molecule has 8 rings (SSSR count). The first-order valence-electron chi connectivity index (χ1n) is 23.6. The number of cyclic esters (lactones) is 1. The van der Waals surface area contributed by atoms with Gasteiger partial charge in [0.05, 0.1) is 23.9 Å². The molecule has 6 bridgehead atoms. The van der Waals surface area contributed by atoms with Crippen LogP contribution in [0.1, 0.15) is 103 Å². The molecule has 2 aromatic heterocycles. The van der Waals surface area contributed by atoms with Crippen LogP contribution in [0.3, 0.4) is 0 Å². The van der Waals surface area contributed by atoms with Gasteiger partial charge in [-0.2, -0.15) is 0 Å². The molecule has 1 aromatic carbocycles. The number of carbonyl (C=O) groups excluding carboxylic acids is 5. The number of amides is 4. The molecule has 0 radical (unpaired) electrons. The molecule has 66 heavy (non-hydrogen) atoms. The van der Waals surface area contributed by atoms with Gasteiger partial charge in [-0.25, -0.2) is 5.43 Å². The van der Waals surface area contributed by atoms with Crippen molar-refractivity contribution in [3.05, 3.63) is 71.6 Å². The van der Waals surface area contributed by atoms with Crippen LogP contribution >= 0.6 is 0 Å². The molecular weight excluding hydrogens is 835 g/mol. The summed E-state index contributed by atoms with van der Waals surface area (Å²) in [5, 5.41) is 5.67. The second kappa shape index (κ2) is 18.8. The smallest absolute Gasteiger partial charge is 0.324 e. The van der Waals surface area contributed by atoms with Gasteiger partial charge in [0.15, 0.2) is 0 Å². The minimum atomic E-state index is -0.990. The number of allylic oxidation sites excluding steroid dienone is 4. The Hall–Kier alpha value is -5.78. The van der Waals surface area contributed by atoms with Gasteiger partial charge in [0.1, 0.15) is 24.2 Å². The number of pyridine rings is 1. The molecule has 350 valence electrons. The molecule has 4 amide bonds. The van der Waals surface area contributed by atoms with Gasteiger partial charge in [-0.15, -0.1) is 0 Å². The van der Waals surface area contributed by atoms with E-state index in [4.69, 9.17) is 14.5 Å². The maximum Gasteiger partial charge on any atom is 0.324 e. The van der Waals surface area contributed by atoms with Crippen LogP contribution in [0, 0.1) is 40.9 Å². The van der Waals surface area contributed by atoms with Crippen LogP contribution in [0.2, 0.25) is 0 Å². The van der Waals surface area contributed by atoms with Crippen LogP contribution in [-0.4, -0.2) is 112 Å². The lowest BCUT2D eigenvalue weighted by molar-refractivity contribution is -0.156. The number of likely N-dealkylation sites (tertiary alicyclic amines) is 1. The molecular formula is C52H65N7O7. The lowest BCUT2D eigenvalue weighted by Crippen LogP contribution is -2.62. The molecule has 14 nitrogen and oxygen atoms in total. The van der Waals surface area contributed by atoms with Gasteiger partial charge in [0.25, 0.3) is 11.8 Å². The van der Waals surface area contributed by atoms with Crippen molar-refractivity contribution in [2.75, 3.05) is 40.4 Å². The molecule has 3 unspecified atom stereocenters. The second-order valence-corrected chi connectivity index (χ2v) is 19.8. The van der Waals surface area contributed by atoms with E-state index in [9.17, 15) is 24.0 Å². The van der Waals surface area contributed by atoms with Gasteiger partial charge >= 0.3 is 5.97 Å². The number of fused-ring (bicyclic) bond motifs is 7. The first kappa shape index (κ1) is 46.7. The summed E-state index contributed by atoms with van der Waals surface area (Å²) in [6.07, 6.45) is 9.79. The van der Waals surface area contributed by atoms with E-state index in [-0.39, 0.29) is 61.0 Å². The Bertz CT molecular complexity index is 2550. The molecule has 2 N–H and O–H groups in total. The Morgan fingerprint density at radius 1 is 1.15 bits per heavy atom. The lowest BCUT2D eigenvalue weighted by Gasteiger charge is -2.42. The second-order valence-electron chi connectivity index (χ2n) is 19.8. The number of nitrogens with one attached hydrogen (secondary N) is 2. The van der Waals surface area contributed by atoms with Crippen molar-refractivity contribution in [3.63, 3.8) is 0 Å². The van der Waals surface area contributed by atoms with Crippen LogP contribution < -0.4 is 10.7 Å². The van der Waals surface area contributed by atoms with E-state index in [1.165, 1.54) is 9.91 Å². The number of rotatable bonds is 7. The number of likely N-dealkylation sites (N-methyl/N-ethyl adjacent to an activating group) is 1. The van der Waals surface area contributed by atoms with Crippen LogP contribution in [0.4, 0.5) is 0 Å². The molecule has 0 spiro atoms. The van der Waals surface area contributed by atoms with E-state index < -0.39 is 47.4 Å². The Labute approximate surface area is 388 Å². The van der Waals surface area contributed by atoms with E-state index >= 15 is 0 Å². The Morgan fingerprint density at radius 3 is 2.67 bits per heavy atom. The maximum absolute atomic E-state index is 14.8. The molecule has 3 aliphatic heterocycles. The zero-order valence-electron chi connectivity index (χ0n) is 39.9. The van der Waals surface area contributed by atoms with E-state index in [0.717, 1.165) is 51.1 Å². The number of hydrazine groups is 1. The zero-order valence-corrected chi connectivity index (χ0v) is 39.9. The van der Waals surface area contributed by atoms with Gasteiger partial charge in [-0.3, -0.25) is 34.0 Å². The average molecular weight is 900 g/mol. The summed E-state index contributed by atoms with van der Waals surface area (Å²) in [4.78, 5) is 78.4. The molecule has 0 saturated carbocycles. The zero-order chi connectivity index (χ0) is 47.2. The van der Waals surface area contributed by atoms with Crippen LogP contribution in [0.15, 0.2) is 54.8 Å². The number of ether oxygens (including phenoxy) is 2. The largest absolute Gasteiger partial charge is 0.464 e. The highest BCUT2D eigenvalue weighted by atomic mass is 16.5. The summed E-state index contributed by atoms with van der Waals surface area (Å²) < 4.78 is 15.0. The van der Waals surface area contributed by atoms with E-state index in [0.29, 0.717) is 32.4 Å². The minimum absolute atomic E-state index is 0.0838. The predicted molar refractivity (Wildman–Crippen MR) is 252 cm³/mol. The van der Waals surface area contributed by atoms with Crippen molar-refractivity contribution in [1.82, 2.24) is 35.1 Å². The van der Waals surface area contributed by atoms with Gasteiger partial charge < -0.3 is 29.2 Å². The van der Waals surface area contributed by atoms with Gasteiger partial charge in [-0.05, 0) is 104 Å². The third-order valence-corrected chi connectivity index (χ3v) is 14.6. The summed E-state index contributed by atoms with van der Waals surface area (Å²) in [6, 6.07) is 7.99. The quantitative estimate of drug-likeness (QED) is 0.214. The van der Waals surface area contributed by atoms with Gasteiger partial charge in [0.2, 0.25) is 11.8 Å². The number of benzene rings is 1. The normalized spacial score (nSPS) is 26.4. The summed E-state index contributed by atoms with van der Waals surface area (Å²) in [7, 11) is 3.35. The van der Waals surface area contributed by atoms with Crippen LogP contribution in [0.5, 0.6) is 0 Å². The monoisotopic (exact) mass is 899 g/mol. The average Bonchev–Trinajstić information content (AvgIpc) is 3.86. The van der Waals surface area contributed by atoms with E-state index in [1.807, 2.05) is 26.8 Å². The van der Waals surface area contributed by atoms with Crippen molar-refractivity contribution in [3.8, 4) is 23.1 Å². The number of aromatic nitrogens is 2. The molecule has 2 fully saturated rings. The fourth-order valence-corrected chi connectivity index (χ4v) is 11.3. The Kier molecular flexibility index (Phi) is 13.3. The van der Waals surface area contributed by atoms with Crippen molar-refractivity contribution in [2.45, 2.75) is 111 Å². The van der Waals surface area contributed by atoms with Gasteiger partial charge in [0, 0.05) is 74.3 Å². The third kappa shape index (κ3) is 8.56. The number of esters is 1. The topological polar surface area (TPSA) is 155 Å². The Morgan fingerprint density at radius 2 is 1.94 bits per heavy atom. The van der Waals surface area contributed by atoms with Crippen LogP contribution in [-0.2, 0) is 40.0 Å². The fraction of sp³-hybridized carbons (Fsp3) is 0.538. The molecule has 2 aliphatic carbocycles. The molecule has 5 heterocycles. The molecule has 2 saturated heterocycles. The fourth-order valence-electron chi connectivity index (χ4n) is 11.3. The molecule has 8 atom stereocenters. The van der Waals surface area contributed by atoms with Crippen molar-refractivity contribution >= 4 is 46.1 Å². The third-order valence-electron chi connectivity index (χ3n) is 14.6. The number of methoxy groups -OCH3 is 1.